The lowest BCUT2D eigenvalue weighted by Gasteiger charge is -2.38. The van der Waals surface area contributed by atoms with Crippen LogP contribution in [-0.4, -0.2) is 136 Å². The van der Waals surface area contributed by atoms with Crippen LogP contribution in [0.3, 0.4) is 0 Å². The largest absolute Gasteiger partial charge is 0.420 e. The summed E-state index contributed by atoms with van der Waals surface area (Å²) < 4.78 is 69.8. The van der Waals surface area contributed by atoms with Crippen LogP contribution in [0.4, 0.5) is 0 Å². The molecule has 0 aromatic rings. The molecule has 0 saturated carbocycles. The van der Waals surface area contributed by atoms with E-state index < -0.39 is 93.8 Å². The van der Waals surface area contributed by atoms with Gasteiger partial charge in [0.25, 0.3) is 60.0 Å². The Hall–Kier alpha value is 1.69. The van der Waals surface area contributed by atoms with Gasteiger partial charge in [-0.05, 0) is 43.3 Å². The van der Waals surface area contributed by atoms with Crippen LogP contribution in [0, 0.1) is 0 Å². The van der Waals surface area contributed by atoms with E-state index in [0.717, 1.165) is 37.4 Å². The van der Waals surface area contributed by atoms with Crippen molar-refractivity contribution in [2.24, 2.45) is 0 Å². The second-order valence-corrected chi connectivity index (χ2v) is 37.3. The zero-order valence-electron chi connectivity index (χ0n) is 29.8. The van der Waals surface area contributed by atoms with Gasteiger partial charge in [0.2, 0.25) is 0 Å². The molecule has 0 N–H and O–H groups in total. The van der Waals surface area contributed by atoms with E-state index >= 15 is 0 Å². The minimum atomic E-state index is -2.30. The molecule has 266 valence electrons. The molecule has 0 radical (unpaired) electrons. The maximum absolute atomic E-state index is 6.27. The molecule has 44 heavy (non-hydrogen) atoms. The third-order valence-electron chi connectivity index (χ3n) is 8.31. The van der Waals surface area contributed by atoms with Crippen LogP contribution in [-0.2, 0) is 51.2 Å². The van der Waals surface area contributed by atoms with Crippen molar-refractivity contribution in [3.05, 3.63) is 0 Å². The SMILES string of the molecule is CCC(CCC[Si](C)(O[SiH2]OC)O[SiH2]OC)[Si](C)(CCC[Si](C)(O[SiH2]OC)O[SiH2]OC)CCC[Si](C)(O[SiH2]OC)O[SiH2]OC. The lowest BCUT2D eigenvalue weighted by Crippen LogP contribution is -2.44. The molecular formula is C22H66O12Si10. The highest BCUT2D eigenvalue weighted by Crippen LogP contribution is 2.41. The Bertz CT molecular complexity index is 638. The summed E-state index contributed by atoms with van der Waals surface area (Å²) >= 11 is 0. The van der Waals surface area contributed by atoms with Crippen LogP contribution in [0.15, 0.2) is 0 Å². The first-order valence-electron chi connectivity index (χ1n) is 15.7. The van der Waals surface area contributed by atoms with Gasteiger partial charge in [0.1, 0.15) is 0 Å². The summed E-state index contributed by atoms with van der Waals surface area (Å²) in [5.41, 5.74) is 0.702. The fourth-order valence-electron chi connectivity index (χ4n) is 5.53. The smallest absolute Gasteiger partial charge is 0.316 e. The average molecular weight is 804 g/mol. The van der Waals surface area contributed by atoms with Gasteiger partial charge >= 0.3 is 25.7 Å². The molecule has 0 aliphatic heterocycles. The second kappa shape index (κ2) is 26.5. The predicted octanol–water partition coefficient (Wildman–Crippen LogP) is 0.592. The fraction of sp³-hybridized carbons (Fsp3) is 1.00. The lowest BCUT2D eigenvalue weighted by molar-refractivity contribution is 0.292. The first-order chi connectivity index (χ1) is 20.9. The average Bonchev–Trinajstić information content (AvgIpc) is 3.01. The minimum absolute atomic E-state index is 0.702. The summed E-state index contributed by atoms with van der Waals surface area (Å²) in [5, 5.41) is 0. The minimum Gasteiger partial charge on any atom is -0.420 e. The number of hydrogen-bond donors (Lipinski definition) is 0. The van der Waals surface area contributed by atoms with Crippen molar-refractivity contribution in [1.82, 2.24) is 0 Å². The van der Waals surface area contributed by atoms with E-state index in [0.29, 0.717) is 5.54 Å². The van der Waals surface area contributed by atoms with E-state index in [-0.39, 0.29) is 0 Å². The van der Waals surface area contributed by atoms with Crippen molar-refractivity contribution in [2.45, 2.75) is 101 Å². The van der Waals surface area contributed by atoms with Gasteiger partial charge < -0.3 is 51.2 Å². The number of hydrogen-bond acceptors (Lipinski definition) is 12. The third-order valence-corrected chi connectivity index (χ3v) is 36.7. The third kappa shape index (κ3) is 20.3. The maximum Gasteiger partial charge on any atom is 0.316 e. The molecule has 0 bridgehead atoms. The summed E-state index contributed by atoms with van der Waals surface area (Å²) in [4.78, 5) is 0. The summed E-state index contributed by atoms with van der Waals surface area (Å²) in [7, 11) is -4.42. The maximum atomic E-state index is 6.27. The summed E-state index contributed by atoms with van der Waals surface area (Å²) in [6.07, 6.45) is 5.72. The van der Waals surface area contributed by atoms with Crippen molar-refractivity contribution < 1.29 is 51.2 Å². The van der Waals surface area contributed by atoms with Gasteiger partial charge in [0, 0.05) is 42.7 Å². The Morgan fingerprint density at radius 1 is 0.432 bits per heavy atom. The summed E-state index contributed by atoms with van der Waals surface area (Å²) in [5.74, 6) is 0. The Balaban J connectivity index is 5.77. The molecule has 0 rings (SSSR count). The molecule has 0 spiro atoms. The molecule has 0 amide bonds. The summed E-state index contributed by atoms with van der Waals surface area (Å²) in [6, 6.07) is 5.43. The van der Waals surface area contributed by atoms with E-state index in [2.05, 4.69) is 33.1 Å². The first-order valence-corrected chi connectivity index (χ1v) is 33.2. The molecule has 0 aromatic carbocycles. The lowest BCUT2D eigenvalue weighted by atomic mass is 10.2. The standard InChI is InChI=1S/C22H66O12Si10/c1-12-22(16-13-19-42(9,29-35-23-2)30-36-24-3)41(8,17-14-20-43(10,31-37-25-4)32-38-26-5)18-15-21-44(11,33-39-27-6)34-40-28-7/h22H,12-21,35-40H2,1-11H3. The van der Waals surface area contributed by atoms with Crippen molar-refractivity contribution in [3.63, 3.8) is 0 Å². The zero-order chi connectivity index (χ0) is 33.4. The van der Waals surface area contributed by atoms with Gasteiger partial charge in [-0.25, -0.2) is 0 Å². The van der Waals surface area contributed by atoms with Crippen LogP contribution in [0.25, 0.3) is 0 Å². The first kappa shape index (κ1) is 45.7. The molecule has 0 aliphatic rings. The summed E-state index contributed by atoms with van der Waals surface area (Å²) in [6.45, 7) is 11.5. The predicted molar refractivity (Wildman–Crippen MR) is 203 cm³/mol. The molecule has 0 heterocycles. The Morgan fingerprint density at radius 3 is 0.955 bits per heavy atom. The highest BCUT2D eigenvalue weighted by atomic mass is 28.4. The Morgan fingerprint density at radius 2 is 0.705 bits per heavy atom. The van der Waals surface area contributed by atoms with Crippen LogP contribution < -0.4 is 0 Å². The Kier molecular flexibility index (Phi) is 27.6. The van der Waals surface area contributed by atoms with Gasteiger partial charge in [-0.3, -0.25) is 0 Å². The molecular weight excluding hydrogens is 737 g/mol. The normalized spacial score (nSPS) is 20.0. The van der Waals surface area contributed by atoms with Crippen LogP contribution >= 0.6 is 0 Å². The molecule has 1 unspecified atom stereocenters. The van der Waals surface area contributed by atoms with Crippen molar-refractivity contribution in [2.75, 3.05) is 42.7 Å². The van der Waals surface area contributed by atoms with E-state index in [4.69, 9.17) is 51.2 Å². The molecule has 0 fully saturated rings. The van der Waals surface area contributed by atoms with Crippen LogP contribution in [0.5, 0.6) is 0 Å². The van der Waals surface area contributed by atoms with Gasteiger partial charge in [-0.15, -0.1) is 0 Å². The monoisotopic (exact) mass is 802 g/mol. The molecule has 0 saturated heterocycles. The highest BCUT2D eigenvalue weighted by Gasteiger charge is 2.39. The van der Waals surface area contributed by atoms with Crippen molar-refractivity contribution in [3.8, 4) is 0 Å². The zero-order valence-corrected chi connectivity index (χ0v) is 42.3. The van der Waals surface area contributed by atoms with Gasteiger partial charge in [0.15, 0.2) is 0 Å². The van der Waals surface area contributed by atoms with Crippen LogP contribution in [0.2, 0.25) is 61.9 Å². The van der Waals surface area contributed by atoms with E-state index in [1.165, 1.54) is 24.9 Å². The van der Waals surface area contributed by atoms with Crippen LogP contribution in [0.1, 0.15) is 39.0 Å². The second-order valence-electron chi connectivity index (χ2n) is 12.1. The molecule has 0 aromatic heterocycles. The van der Waals surface area contributed by atoms with Gasteiger partial charge in [-0.2, -0.15) is 0 Å². The van der Waals surface area contributed by atoms with E-state index in [9.17, 15) is 0 Å². The van der Waals surface area contributed by atoms with Crippen molar-refractivity contribution in [1.29, 1.82) is 0 Å². The highest BCUT2D eigenvalue weighted by molar-refractivity contribution is 6.80. The van der Waals surface area contributed by atoms with E-state index in [1.54, 1.807) is 42.7 Å². The number of rotatable bonds is 32. The topological polar surface area (TPSA) is 111 Å². The molecule has 0 aliphatic carbocycles. The molecule has 22 heteroatoms. The fourth-order valence-corrected chi connectivity index (χ4v) is 29.2. The molecule has 12 nitrogen and oxygen atoms in total. The van der Waals surface area contributed by atoms with E-state index in [1.807, 2.05) is 0 Å². The Labute approximate surface area is 287 Å². The quantitative estimate of drug-likeness (QED) is 0.0890. The van der Waals surface area contributed by atoms with Gasteiger partial charge in [0.05, 0.1) is 8.07 Å². The van der Waals surface area contributed by atoms with Crippen molar-refractivity contribution >= 4 is 93.8 Å². The van der Waals surface area contributed by atoms with Gasteiger partial charge in [-0.1, -0.05) is 57.7 Å². The molecule has 1 atom stereocenters.